The van der Waals surface area contributed by atoms with Crippen LogP contribution in [0, 0.1) is 0 Å². The molecule has 12 heteroatoms. The third-order valence-corrected chi connectivity index (χ3v) is 13.7. The van der Waals surface area contributed by atoms with Gasteiger partial charge >= 0.3 is 0 Å². The summed E-state index contributed by atoms with van der Waals surface area (Å²) < 4.78 is 0. The van der Waals surface area contributed by atoms with Gasteiger partial charge in [-0.05, 0) is 156 Å². The van der Waals surface area contributed by atoms with Crippen molar-refractivity contribution in [3.8, 4) is 0 Å². The number of aliphatic hydroxyl groups excluding tert-OH is 8. The zero-order valence-corrected chi connectivity index (χ0v) is 62.2. The van der Waals surface area contributed by atoms with E-state index in [1.807, 2.05) is 149 Å². The van der Waals surface area contributed by atoms with Crippen molar-refractivity contribution in [2.75, 3.05) is 0 Å². The van der Waals surface area contributed by atoms with Crippen LogP contribution in [-0.4, -0.2) is 113 Å². The second kappa shape index (κ2) is 83.3. The molecule has 0 fully saturated rings. The number of ketones is 4. The molecule has 0 heterocycles. The van der Waals surface area contributed by atoms with Crippen LogP contribution in [0.25, 0.3) is 0 Å². The van der Waals surface area contributed by atoms with Gasteiger partial charge in [0, 0.05) is 25.7 Å². The number of Topliss-reactive ketones (excluding diaryl/α,β-unsaturated/α-hetero) is 4. The molecule has 0 aromatic carbocycles. The average molecular weight is 1400 g/mol. The van der Waals surface area contributed by atoms with Crippen LogP contribution in [-0.2, 0) is 19.2 Å². The minimum absolute atomic E-state index is 0. The maximum absolute atomic E-state index is 10.8. The smallest absolute Gasteiger partial charge is 0.130 e. The SMILES string of the molecule is C.CCC(O)/C=C/C=C\C/C=C\C=C/C(O)C/C=C\CCCC(C)=O.CCC(O)/C=C/C=C\CC(O)/C=C\C=C/C/C=C\C/C=C\CCC(C)=O.CCC(O)C(O)/C=C/C=C/C=C\C/C=C\C/C=C\C/C=C\CCC(C)=O.CCC(O)C(O)/C=C/C=C/C=C\C/C=C\C/C=C\CCCC(C)=O. The molecular formula is C89H136O12. The first-order chi connectivity index (χ1) is 48.3. The van der Waals surface area contributed by atoms with Gasteiger partial charge in [0.1, 0.15) is 23.1 Å². The summed E-state index contributed by atoms with van der Waals surface area (Å²) in [5.41, 5.74) is 0. The number of hydrogen-bond donors (Lipinski definition) is 8. The standard InChI is InChI=1S/2C23H34O3.2C21H32O3.CH4/c1-3-22(25)18-15-12-16-20-23(26)19-14-11-9-7-5-4-6-8-10-13-17-21(2)24;1-3-22(25)23(26)20-18-16-14-12-10-8-6-4-5-7-9-11-13-15-17-19-21(2)24;1-3-20(23)16-12-7-5-4-6-8-13-17-21(24)18-14-10-9-11-15-19(2)22;1-3-20(23)21(24)18-16-14-12-10-8-6-4-5-7-9-11-13-15-17-19(2)22;/h4-5,8-12,14-16,18-19,22-23,25-26H,3,6-7,13,17,20H2,1-2H3;4,6-7,9-10,12-16,18,20,22-23,25-26H,3,5,8,11,17,19H2,1-2H3;5-8,10,12-14,16-17,20-21,23-24H,3-4,9,11,15,18H2,1-2H3;4-5,8-12,14,16,18,20-21,23-24H,3,6-7,13,15,17H2,1-2H3;1H4/b5-4-,10-8-,11-9-,16-12-,18-15+,19-14-;6-4-,9-7-,12-10-,15-13-,16-14+,20-18+;7-5-,8-6-,14-10-,16-12+,17-13-;5-4-,10-8-,11-9-,14-12+,18-16+;. The van der Waals surface area contributed by atoms with Gasteiger partial charge in [-0.3, -0.25) is 0 Å². The van der Waals surface area contributed by atoms with Crippen LogP contribution in [0.3, 0.4) is 0 Å². The van der Waals surface area contributed by atoms with Crippen molar-refractivity contribution in [2.24, 2.45) is 0 Å². The lowest BCUT2D eigenvalue weighted by Gasteiger charge is -2.10. The third kappa shape index (κ3) is 92.6. The topological polar surface area (TPSA) is 230 Å². The van der Waals surface area contributed by atoms with Crippen molar-refractivity contribution in [3.05, 3.63) is 267 Å². The molecule has 12 nitrogen and oxygen atoms in total. The lowest BCUT2D eigenvalue weighted by atomic mass is 10.1. The molecule has 0 rings (SSSR count). The highest BCUT2D eigenvalue weighted by atomic mass is 16.3. The van der Waals surface area contributed by atoms with Crippen molar-refractivity contribution in [3.63, 3.8) is 0 Å². The number of unbranched alkanes of at least 4 members (excludes halogenated alkanes) is 2. The number of rotatable bonds is 54. The van der Waals surface area contributed by atoms with Crippen molar-refractivity contribution in [1.82, 2.24) is 0 Å². The van der Waals surface area contributed by atoms with E-state index < -0.39 is 42.7 Å². The zero-order valence-electron chi connectivity index (χ0n) is 62.2. The molecule has 0 bridgehead atoms. The molecule has 8 atom stereocenters. The number of hydrogen-bond acceptors (Lipinski definition) is 12. The van der Waals surface area contributed by atoms with Gasteiger partial charge in [0.25, 0.3) is 0 Å². The molecule has 0 amide bonds. The Bertz CT molecular complexity index is 2680. The van der Waals surface area contributed by atoms with Gasteiger partial charge in [-0.15, -0.1) is 0 Å². The Hall–Kier alpha value is -7.36. The van der Waals surface area contributed by atoms with Gasteiger partial charge in [0.2, 0.25) is 0 Å². The Morgan fingerprint density at radius 2 is 0.485 bits per heavy atom. The molecule has 0 radical (unpaired) electrons. The van der Waals surface area contributed by atoms with E-state index in [9.17, 15) is 60.0 Å². The van der Waals surface area contributed by atoms with E-state index in [0.29, 0.717) is 57.8 Å². The van der Waals surface area contributed by atoms with E-state index in [1.165, 1.54) is 0 Å². The summed E-state index contributed by atoms with van der Waals surface area (Å²) in [6.07, 6.45) is 99.3. The van der Waals surface area contributed by atoms with Gasteiger partial charge in [0.05, 0.1) is 48.8 Å². The summed E-state index contributed by atoms with van der Waals surface area (Å²) in [6.45, 7) is 14.0. The molecule has 8 unspecified atom stereocenters. The third-order valence-electron chi connectivity index (χ3n) is 13.7. The molecule has 101 heavy (non-hydrogen) atoms. The first-order valence-corrected chi connectivity index (χ1v) is 36.2. The van der Waals surface area contributed by atoms with Gasteiger partial charge < -0.3 is 60.0 Å². The Balaban J connectivity index is -0.000000405. The lowest BCUT2D eigenvalue weighted by Crippen LogP contribution is -2.22. The fraction of sp³-hybridized carbons (Fsp3) is 0.461. The highest BCUT2D eigenvalue weighted by Crippen LogP contribution is 2.06. The number of carbonyl (C=O) groups is 4. The molecule has 0 aromatic heterocycles. The van der Waals surface area contributed by atoms with Gasteiger partial charge in [0.15, 0.2) is 0 Å². The fourth-order valence-corrected chi connectivity index (χ4v) is 7.54. The summed E-state index contributed by atoms with van der Waals surface area (Å²) in [4.78, 5) is 43.1. The predicted molar refractivity (Wildman–Crippen MR) is 432 cm³/mol. The monoisotopic (exact) mass is 1400 g/mol. The van der Waals surface area contributed by atoms with Gasteiger partial charge in [-0.2, -0.15) is 0 Å². The molecule has 0 aliphatic heterocycles. The summed E-state index contributed by atoms with van der Waals surface area (Å²) in [6, 6.07) is 0. The highest BCUT2D eigenvalue weighted by Gasteiger charge is 2.10. The molecule has 0 spiro atoms. The Kier molecular flexibility index (Phi) is 84.4. The minimum Gasteiger partial charge on any atom is -0.390 e. The Labute approximate surface area is 613 Å². The molecule has 0 aliphatic rings. The molecule has 564 valence electrons. The first-order valence-electron chi connectivity index (χ1n) is 36.2. The second-order valence-corrected chi connectivity index (χ2v) is 23.5. The average Bonchev–Trinajstić information content (AvgIpc) is 1.84. The van der Waals surface area contributed by atoms with Crippen LogP contribution in [0.15, 0.2) is 267 Å². The van der Waals surface area contributed by atoms with E-state index in [-0.39, 0.29) is 36.7 Å². The van der Waals surface area contributed by atoms with E-state index in [0.717, 1.165) is 96.3 Å². The number of allylic oxidation sites excluding steroid dienone is 36. The normalized spacial score (nSPS) is 15.4. The van der Waals surface area contributed by atoms with E-state index >= 15 is 0 Å². The summed E-state index contributed by atoms with van der Waals surface area (Å²) in [5, 5.41) is 76.1. The quantitative estimate of drug-likeness (QED) is 0.0162. The maximum atomic E-state index is 10.8. The maximum Gasteiger partial charge on any atom is 0.130 e. The van der Waals surface area contributed by atoms with Gasteiger partial charge in [-0.25, -0.2) is 0 Å². The first kappa shape index (κ1) is 102. The Morgan fingerprint density at radius 1 is 0.248 bits per heavy atom. The summed E-state index contributed by atoms with van der Waals surface area (Å²) in [5.74, 6) is 0.951. The van der Waals surface area contributed by atoms with Gasteiger partial charge in [-0.1, -0.05) is 302 Å². The van der Waals surface area contributed by atoms with Crippen LogP contribution in [0.5, 0.6) is 0 Å². The fourth-order valence-electron chi connectivity index (χ4n) is 7.54. The van der Waals surface area contributed by atoms with E-state index in [4.69, 9.17) is 0 Å². The van der Waals surface area contributed by atoms with Crippen molar-refractivity contribution in [1.29, 1.82) is 0 Å². The summed E-state index contributed by atoms with van der Waals surface area (Å²) in [7, 11) is 0. The van der Waals surface area contributed by atoms with E-state index in [2.05, 4.69) is 91.1 Å². The molecule has 0 aliphatic carbocycles. The zero-order chi connectivity index (χ0) is 75.0. The van der Waals surface area contributed by atoms with Crippen LogP contribution >= 0.6 is 0 Å². The molecular weight excluding hydrogens is 1260 g/mol. The van der Waals surface area contributed by atoms with E-state index in [1.54, 1.807) is 82.4 Å². The molecule has 0 aromatic rings. The van der Waals surface area contributed by atoms with Crippen LogP contribution in [0.1, 0.15) is 217 Å². The predicted octanol–water partition coefficient (Wildman–Crippen LogP) is 19.5. The molecule has 8 N–H and O–H groups in total. The van der Waals surface area contributed by atoms with Crippen molar-refractivity contribution in [2.45, 2.75) is 266 Å². The lowest BCUT2D eigenvalue weighted by molar-refractivity contribution is -0.117. The second-order valence-electron chi connectivity index (χ2n) is 23.5. The number of aliphatic hydroxyl groups is 8. The molecule has 0 saturated heterocycles. The highest BCUT2D eigenvalue weighted by molar-refractivity contribution is 5.76. The molecule has 0 saturated carbocycles. The summed E-state index contributed by atoms with van der Waals surface area (Å²) >= 11 is 0. The largest absolute Gasteiger partial charge is 0.390 e. The van der Waals surface area contributed by atoms with Crippen molar-refractivity contribution < 1.29 is 60.0 Å². The van der Waals surface area contributed by atoms with Crippen LogP contribution in [0.2, 0.25) is 0 Å². The van der Waals surface area contributed by atoms with Crippen molar-refractivity contribution >= 4 is 23.1 Å². The minimum atomic E-state index is -0.805. The Morgan fingerprint density at radius 3 is 0.802 bits per heavy atom. The van der Waals surface area contributed by atoms with Crippen LogP contribution in [0.4, 0.5) is 0 Å². The van der Waals surface area contributed by atoms with Crippen LogP contribution < -0.4 is 0 Å². The number of carbonyl (C=O) groups excluding carboxylic acids is 4.